The van der Waals surface area contributed by atoms with Gasteiger partial charge in [-0.05, 0) is 29.1 Å². The lowest BCUT2D eigenvalue weighted by Crippen LogP contribution is -1.82. The van der Waals surface area contributed by atoms with E-state index in [1.165, 1.54) is 23.1 Å². The molecule has 0 bridgehead atoms. The van der Waals surface area contributed by atoms with Gasteiger partial charge in [0.2, 0.25) is 0 Å². The zero-order chi connectivity index (χ0) is 10.8. The van der Waals surface area contributed by atoms with Crippen LogP contribution in [0.5, 0.6) is 0 Å². The van der Waals surface area contributed by atoms with Crippen molar-refractivity contribution >= 4 is 23.1 Å². The number of rotatable bonds is 2. The van der Waals surface area contributed by atoms with E-state index >= 15 is 0 Å². The summed E-state index contributed by atoms with van der Waals surface area (Å²) < 4.78 is 7.71. The predicted molar refractivity (Wildman–Crippen MR) is 64.2 cm³/mol. The summed E-state index contributed by atoms with van der Waals surface area (Å²) in [6.07, 6.45) is 0. The van der Waals surface area contributed by atoms with Gasteiger partial charge in [-0.3, -0.25) is 0 Å². The third-order valence-electron chi connectivity index (χ3n) is 2.17. The van der Waals surface area contributed by atoms with Gasteiger partial charge in [-0.15, -0.1) is 10.2 Å². The molecule has 0 aliphatic heterocycles. The molecule has 16 heavy (non-hydrogen) atoms. The Labute approximate surface area is 99.9 Å². The topological polar surface area (TPSA) is 51.6 Å². The molecule has 0 spiro atoms. The van der Waals surface area contributed by atoms with Crippen molar-refractivity contribution in [3.05, 3.63) is 35.0 Å². The highest BCUT2D eigenvalue weighted by molar-refractivity contribution is 7.03. The lowest BCUT2D eigenvalue weighted by atomic mass is 10.1. The summed E-state index contributed by atoms with van der Waals surface area (Å²) in [6.45, 7) is 0. The van der Waals surface area contributed by atoms with Gasteiger partial charge in [0.05, 0.1) is 0 Å². The Hall–Kier alpha value is -1.66. The first-order valence-electron chi connectivity index (χ1n) is 4.58. The summed E-state index contributed by atoms with van der Waals surface area (Å²) in [7, 11) is 0. The van der Waals surface area contributed by atoms with Crippen LogP contribution in [-0.2, 0) is 0 Å². The van der Waals surface area contributed by atoms with Crippen LogP contribution in [0.25, 0.3) is 22.5 Å². The first-order valence-corrected chi connectivity index (χ1v) is 6.26. The molecule has 78 valence electrons. The average molecular weight is 246 g/mol. The smallest absolute Gasteiger partial charge is 0.105 e. The maximum absolute atomic E-state index is 4.04. The zero-order valence-corrected chi connectivity index (χ0v) is 9.70. The molecule has 0 radical (unpaired) electrons. The van der Waals surface area contributed by atoms with Crippen molar-refractivity contribution < 1.29 is 0 Å². The van der Waals surface area contributed by atoms with E-state index in [1.807, 2.05) is 35.0 Å². The van der Waals surface area contributed by atoms with E-state index < -0.39 is 0 Å². The predicted octanol–water partition coefficient (Wildman–Crippen LogP) is 2.72. The molecule has 4 nitrogen and oxygen atoms in total. The molecule has 3 rings (SSSR count). The zero-order valence-electron chi connectivity index (χ0n) is 8.07. The molecule has 0 N–H and O–H groups in total. The summed E-state index contributed by atoms with van der Waals surface area (Å²) in [5, 5.41) is 11.9. The van der Waals surface area contributed by atoms with Crippen molar-refractivity contribution in [2.24, 2.45) is 0 Å². The van der Waals surface area contributed by atoms with Gasteiger partial charge in [-0.2, -0.15) is 0 Å². The fraction of sp³-hybridized carbons (Fsp3) is 0. The molecular formula is C10H6N4S2. The van der Waals surface area contributed by atoms with E-state index in [0.29, 0.717) is 0 Å². The highest BCUT2D eigenvalue weighted by atomic mass is 32.1. The molecular weight excluding hydrogens is 240 g/mol. The minimum absolute atomic E-state index is 0.898. The van der Waals surface area contributed by atoms with Gasteiger partial charge < -0.3 is 0 Å². The van der Waals surface area contributed by atoms with Crippen LogP contribution in [0.1, 0.15) is 0 Å². The van der Waals surface area contributed by atoms with Gasteiger partial charge in [0.15, 0.2) is 0 Å². The van der Waals surface area contributed by atoms with Crippen LogP contribution >= 0.6 is 23.1 Å². The molecule has 2 heterocycles. The third kappa shape index (κ3) is 1.72. The number of aromatic nitrogens is 4. The van der Waals surface area contributed by atoms with E-state index in [0.717, 1.165) is 22.5 Å². The van der Waals surface area contributed by atoms with E-state index in [-0.39, 0.29) is 0 Å². The molecule has 0 aliphatic rings. The van der Waals surface area contributed by atoms with Crippen LogP contribution in [0.15, 0.2) is 35.0 Å². The van der Waals surface area contributed by atoms with Crippen molar-refractivity contribution in [1.82, 2.24) is 19.2 Å². The summed E-state index contributed by atoms with van der Waals surface area (Å²) in [5.74, 6) is 0. The highest BCUT2D eigenvalue weighted by Gasteiger charge is 2.05. The largest absolute Gasteiger partial charge is 0.138 e. The molecule has 0 fully saturated rings. The van der Waals surface area contributed by atoms with E-state index in [2.05, 4.69) is 19.2 Å². The van der Waals surface area contributed by atoms with Crippen molar-refractivity contribution in [3.8, 4) is 22.5 Å². The molecule has 0 saturated heterocycles. The molecule has 0 atom stereocenters. The second-order valence-corrected chi connectivity index (χ2v) is 4.38. The second-order valence-electron chi connectivity index (χ2n) is 3.16. The van der Waals surface area contributed by atoms with Crippen LogP contribution < -0.4 is 0 Å². The Kier molecular flexibility index (Phi) is 2.43. The van der Waals surface area contributed by atoms with Crippen LogP contribution in [0.4, 0.5) is 0 Å². The van der Waals surface area contributed by atoms with Gasteiger partial charge in [-0.1, -0.05) is 27.2 Å². The van der Waals surface area contributed by atoms with Gasteiger partial charge in [0.25, 0.3) is 0 Å². The number of benzene rings is 1. The average Bonchev–Trinajstić information content (AvgIpc) is 3.03. The van der Waals surface area contributed by atoms with Gasteiger partial charge in [-0.25, -0.2) is 0 Å². The fourth-order valence-corrected chi connectivity index (χ4v) is 2.35. The first kappa shape index (κ1) is 9.56. The van der Waals surface area contributed by atoms with Gasteiger partial charge >= 0.3 is 0 Å². The van der Waals surface area contributed by atoms with Crippen molar-refractivity contribution in [1.29, 1.82) is 0 Å². The Balaban J connectivity index is 2.07. The van der Waals surface area contributed by atoms with E-state index in [4.69, 9.17) is 0 Å². The Morgan fingerprint density at radius 3 is 1.81 bits per heavy atom. The van der Waals surface area contributed by atoms with Crippen LogP contribution in [0.3, 0.4) is 0 Å². The van der Waals surface area contributed by atoms with Crippen molar-refractivity contribution in [2.45, 2.75) is 0 Å². The Bertz CT molecular complexity index is 525. The summed E-state index contributed by atoms with van der Waals surface area (Å²) >= 11 is 2.70. The SMILES string of the molecule is c1cc(-c2csnn2)cc(-c2csnn2)c1. The lowest BCUT2D eigenvalue weighted by Gasteiger charge is -1.99. The standard InChI is InChI=1S/C10H6N4S2/c1-2-7(9-5-15-13-11-9)4-8(3-1)10-6-16-14-12-10/h1-6H. The van der Waals surface area contributed by atoms with Gasteiger partial charge in [0.1, 0.15) is 11.4 Å². The normalized spacial score (nSPS) is 10.5. The number of hydrogen-bond acceptors (Lipinski definition) is 6. The lowest BCUT2D eigenvalue weighted by molar-refractivity contribution is 1.15. The van der Waals surface area contributed by atoms with Gasteiger partial charge in [0, 0.05) is 21.9 Å². The van der Waals surface area contributed by atoms with Crippen molar-refractivity contribution in [2.75, 3.05) is 0 Å². The second kappa shape index (κ2) is 4.07. The molecule has 1 aromatic carbocycles. The summed E-state index contributed by atoms with van der Waals surface area (Å²) in [6, 6.07) is 8.07. The molecule has 0 amide bonds. The monoisotopic (exact) mass is 246 g/mol. The summed E-state index contributed by atoms with van der Waals surface area (Å²) in [4.78, 5) is 0. The molecule has 2 aromatic heterocycles. The highest BCUT2D eigenvalue weighted by Crippen LogP contribution is 2.24. The quantitative estimate of drug-likeness (QED) is 0.697. The summed E-state index contributed by atoms with van der Waals surface area (Å²) in [5.41, 5.74) is 3.91. The maximum atomic E-state index is 4.04. The van der Waals surface area contributed by atoms with E-state index in [1.54, 1.807) is 0 Å². The molecule has 0 unspecified atom stereocenters. The molecule has 0 saturated carbocycles. The third-order valence-corrected chi connectivity index (χ3v) is 3.18. The van der Waals surface area contributed by atoms with Crippen LogP contribution in [0, 0.1) is 0 Å². The van der Waals surface area contributed by atoms with E-state index in [9.17, 15) is 0 Å². The molecule has 3 aromatic rings. The Morgan fingerprint density at radius 2 is 1.38 bits per heavy atom. The van der Waals surface area contributed by atoms with Crippen LogP contribution in [0.2, 0.25) is 0 Å². The Morgan fingerprint density at radius 1 is 0.812 bits per heavy atom. The minimum Gasteiger partial charge on any atom is -0.138 e. The maximum Gasteiger partial charge on any atom is 0.105 e. The fourth-order valence-electron chi connectivity index (χ4n) is 1.42. The number of nitrogens with zero attached hydrogens (tertiary/aromatic N) is 4. The number of hydrogen-bond donors (Lipinski definition) is 0. The first-order chi connectivity index (χ1) is 7.93. The minimum atomic E-state index is 0.898. The van der Waals surface area contributed by atoms with Crippen LogP contribution in [-0.4, -0.2) is 19.2 Å². The molecule has 6 heteroatoms. The van der Waals surface area contributed by atoms with Crippen molar-refractivity contribution in [3.63, 3.8) is 0 Å². The molecule has 0 aliphatic carbocycles.